The molecule has 5 aromatic rings. The van der Waals surface area contributed by atoms with Crippen LogP contribution in [0.4, 0.5) is 10.1 Å². The number of benzene rings is 4. The number of hydrogen-bond donors (Lipinski definition) is 1. The first kappa shape index (κ1) is 22.6. The fraction of sp³-hybridized carbons (Fsp3) is 0.0345. The fourth-order valence-electron chi connectivity index (χ4n) is 3.68. The van der Waals surface area contributed by atoms with E-state index >= 15 is 0 Å². The number of rotatable bonds is 8. The van der Waals surface area contributed by atoms with E-state index in [2.05, 4.69) is 39.4 Å². The van der Waals surface area contributed by atoms with Crippen LogP contribution in [0.25, 0.3) is 16.9 Å². The van der Waals surface area contributed by atoms with Crippen molar-refractivity contribution in [3.63, 3.8) is 0 Å². The van der Waals surface area contributed by atoms with Crippen molar-refractivity contribution in [1.29, 1.82) is 0 Å². The summed E-state index contributed by atoms with van der Waals surface area (Å²) in [7, 11) is 0. The summed E-state index contributed by atoms with van der Waals surface area (Å²) in [4.78, 5) is 4.77. The van der Waals surface area contributed by atoms with E-state index in [1.165, 1.54) is 12.1 Å². The molecule has 0 bridgehead atoms. The average Bonchev–Trinajstić information content (AvgIpc) is 3.35. The Morgan fingerprint density at radius 3 is 2.11 bits per heavy atom. The molecule has 5 rings (SSSR count). The van der Waals surface area contributed by atoms with E-state index in [0.717, 1.165) is 39.1 Å². The van der Waals surface area contributed by atoms with E-state index in [1.54, 1.807) is 23.9 Å². The van der Waals surface area contributed by atoms with E-state index in [-0.39, 0.29) is 5.82 Å². The largest absolute Gasteiger partial charge is 0.287 e. The molecule has 0 spiro atoms. The van der Waals surface area contributed by atoms with Crippen molar-refractivity contribution in [2.75, 3.05) is 11.2 Å². The second-order valence-corrected chi connectivity index (χ2v) is 8.74. The van der Waals surface area contributed by atoms with Crippen LogP contribution in [0.2, 0.25) is 0 Å². The number of hydrogen-bond acceptors (Lipinski definition) is 4. The Kier molecular flexibility index (Phi) is 7.01. The zero-order valence-corrected chi connectivity index (χ0v) is 19.7. The van der Waals surface area contributed by atoms with Gasteiger partial charge in [0.05, 0.1) is 23.3 Å². The minimum absolute atomic E-state index is 0.277. The molecule has 6 heteroatoms. The molecule has 0 unspecified atom stereocenters. The molecule has 1 aromatic heterocycles. The lowest BCUT2D eigenvalue weighted by molar-refractivity contribution is 0.628. The predicted molar refractivity (Wildman–Crippen MR) is 143 cm³/mol. The van der Waals surface area contributed by atoms with Gasteiger partial charge in [-0.3, -0.25) is 9.99 Å². The lowest BCUT2D eigenvalue weighted by atomic mass is 10.1. The van der Waals surface area contributed by atoms with Gasteiger partial charge in [0.1, 0.15) is 5.82 Å². The van der Waals surface area contributed by atoms with Crippen molar-refractivity contribution in [2.24, 2.45) is 5.10 Å². The molecule has 1 heterocycles. The minimum atomic E-state index is -0.277. The standard InChI is InChI=1S/C29H23FN4S/c30-24-16-18-25(19-17-24)32-33-27(22-10-4-1-5-11-22)21-35-29-31-20-28(23-12-6-2-7-13-23)34(29)26-14-8-3-9-15-26/h1-20,32H,21H2/b33-27-. The third-order valence-electron chi connectivity index (χ3n) is 5.42. The molecule has 4 aromatic carbocycles. The van der Waals surface area contributed by atoms with Crippen LogP contribution in [0.3, 0.4) is 0 Å². The van der Waals surface area contributed by atoms with E-state index in [0.29, 0.717) is 5.75 Å². The molecular formula is C29H23FN4S. The molecule has 0 aliphatic rings. The van der Waals surface area contributed by atoms with Crippen LogP contribution in [-0.4, -0.2) is 21.0 Å². The van der Waals surface area contributed by atoms with Crippen molar-refractivity contribution in [3.05, 3.63) is 133 Å². The summed E-state index contributed by atoms with van der Waals surface area (Å²) in [6, 6.07) is 36.7. The summed E-state index contributed by atoms with van der Waals surface area (Å²) in [6.45, 7) is 0. The van der Waals surface area contributed by atoms with Gasteiger partial charge < -0.3 is 0 Å². The molecule has 0 radical (unpaired) electrons. The minimum Gasteiger partial charge on any atom is -0.287 e. The van der Waals surface area contributed by atoms with Gasteiger partial charge in [-0.25, -0.2) is 9.37 Å². The molecule has 0 saturated carbocycles. The number of halogens is 1. The van der Waals surface area contributed by atoms with Crippen LogP contribution >= 0.6 is 11.8 Å². The molecule has 0 fully saturated rings. The zero-order chi connectivity index (χ0) is 23.9. The van der Waals surface area contributed by atoms with Gasteiger partial charge in [0, 0.05) is 17.0 Å². The van der Waals surface area contributed by atoms with Gasteiger partial charge in [-0.1, -0.05) is 90.6 Å². The van der Waals surface area contributed by atoms with Crippen molar-refractivity contribution in [3.8, 4) is 16.9 Å². The highest BCUT2D eigenvalue weighted by Crippen LogP contribution is 2.30. The highest BCUT2D eigenvalue weighted by atomic mass is 32.2. The third kappa shape index (κ3) is 5.50. The maximum atomic E-state index is 13.3. The molecule has 172 valence electrons. The fourth-order valence-corrected chi connectivity index (χ4v) is 4.63. The average molecular weight is 479 g/mol. The highest BCUT2D eigenvalue weighted by molar-refractivity contribution is 7.99. The Balaban J connectivity index is 1.46. The zero-order valence-electron chi connectivity index (χ0n) is 18.9. The van der Waals surface area contributed by atoms with Crippen molar-refractivity contribution in [1.82, 2.24) is 9.55 Å². The third-order valence-corrected chi connectivity index (χ3v) is 6.39. The quantitative estimate of drug-likeness (QED) is 0.145. The number of para-hydroxylation sites is 1. The Hall–Kier alpha value is -4.16. The van der Waals surface area contributed by atoms with Gasteiger partial charge in [-0.05, 0) is 42.0 Å². The highest BCUT2D eigenvalue weighted by Gasteiger charge is 2.15. The molecule has 0 aliphatic heterocycles. The Bertz CT molecular complexity index is 1400. The van der Waals surface area contributed by atoms with Crippen LogP contribution in [0, 0.1) is 5.82 Å². The van der Waals surface area contributed by atoms with Crippen molar-refractivity contribution in [2.45, 2.75) is 5.16 Å². The first-order valence-corrected chi connectivity index (χ1v) is 12.2. The number of nitrogens with one attached hydrogen (secondary N) is 1. The number of thioether (sulfide) groups is 1. The van der Waals surface area contributed by atoms with Crippen LogP contribution in [0.1, 0.15) is 5.56 Å². The van der Waals surface area contributed by atoms with E-state index in [4.69, 9.17) is 4.98 Å². The van der Waals surface area contributed by atoms with E-state index in [1.807, 2.05) is 72.9 Å². The summed E-state index contributed by atoms with van der Waals surface area (Å²) in [6.07, 6.45) is 1.92. The molecule has 4 nitrogen and oxygen atoms in total. The summed E-state index contributed by atoms with van der Waals surface area (Å²) in [5.74, 6) is 0.316. The summed E-state index contributed by atoms with van der Waals surface area (Å²) in [5.41, 5.74) is 8.85. The molecular weight excluding hydrogens is 455 g/mol. The van der Waals surface area contributed by atoms with Crippen molar-refractivity contribution < 1.29 is 4.39 Å². The molecule has 0 atom stereocenters. The summed E-state index contributed by atoms with van der Waals surface area (Å²) in [5, 5.41) is 5.54. The number of hydrazone groups is 1. The molecule has 0 saturated heterocycles. The van der Waals surface area contributed by atoms with Crippen LogP contribution in [0.15, 0.2) is 132 Å². The van der Waals surface area contributed by atoms with Gasteiger partial charge in [-0.2, -0.15) is 5.10 Å². The molecule has 1 N–H and O–H groups in total. The second-order valence-electron chi connectivity index (χ2n) is 7.79. The monoisotopic (exact) mass is 478 g/mol. The lowest BCUT2D eigenvalue weighted by Crippen LogP contribution is -2.09. The maximum absolute atomic E-state index is 13.3. The normalized spacial score (nSPS) is 11.4. The van der Waals surface area contributed by atoms with Crippen molar-refractivity contribution >= 4 is 23.2 Å². The number of aromatic nitrogens is 2. The Labute approximate surface area is 208 Å². The maximum Gasteiger partial charge on any atom is 0.173 e. The smallest absolute Gasteiger partial charge is 0.173 e. The van der Waals surface area contributed by atoms with Gasteiger partial charge in [0.15, 0.2) is 5.16 Å². The first-order chi connectivity index (χ1) is 17.3. The molecule has 0 aliphatic carbocycles. The number of imidazole rings is 1. The van der Waals surface area contributed by atoms with E-state index < -0.39 is 0 Å². The predicted octanol–water partition coefficient (Wildman–Crippen LogP) is 7.29. The SMILES string of the molecule is Fc1ccc(N/N=C(/CSc2ncc(-c3ccccc3)n2-c2ccccc2)c2ccccc2)cc1. The Morgan fingerprint density at radius 1 is 0.800 bits per heavy atom. The molecule has 35 heavy (non-hydrogen) atoms. The van der Waals surface area contributed by atoms with Gasteiger partial charge in [-0.15, -0.1) is 0 Å². The second kappa shape index (κ2) is 10.8. The van der Waals surface area contributed by atoms with Crippen LogP contribution < -0.4 is 5.43 Å². The summed E-state index contributed by atoms with van der Waals surface area (Å²) >= 11 is 1.62. The van der Waals surface area contributed by atoms with Crippen LogP contribution in [0.5, 0.6) is 0 Å². The Morgan fingerprint density at radius 2 is 1.43 bits per heavy atom. The first-order valence-electron chi connectivity index (χ1n) is 11.2. The lowest BCUT2D eigenvalue weighted by Gasteiger charge is -2.13. The van der Waals surface area contributed by atoms with Gasteiger partial charge in [0.2, 0.25) is 0 Å². The number of nitrogens with zero attached hydrogens (tertiary/aromatic N) is 3. The van der Waals surface area contributed by atoms with E-state index in [9.17, 15) is 4.39 Å². The molecule has 0 amide bonds. The summed E-state index contributed by atoms with van der Waals surface area (Å²) < 4.78 is 15.5. The number of anilines is 1. The topological polar surface area (TPSA) is 42.2 Å². The van der Waals surface area contributed by atoms with Gasteiger partial charge >= 0.3 is 0 Å². The van der Waals surface area contributed by atoms with Gasteiger partial charge in [0.25, 0.3) is 0 Å². The van der Waals surface area contributed by atoms with Crippen LogP contribution in [-0.2, 0) is 0 Å².